The Morgan fingerprint density at radius 3 is 0.977 bits per heavy atom. The fourth-order valence-corrected chi connectivity index (χ4v) is 5.72. The quantitative estimate of drug-likeness (QED) is 0.168. The second-order valence-electron chi connectivity index (χ2n) is 16.0. The van der Waals surface area contributed by atoms with E-state index in [2.05, 4.69) is 107 Å². The van der Waals surface area contributed by atoms with Crippen molar-refractivity contribution in [2.75, 3.05) is 26.4 Å². The molecule has 246 valence electrons. The fraction of sp³-hybridized carbons (Fsp3) is 0.700. The number of ether oxygens (including phenoxy) is 4. The van der Waals surface area contributed by atoms with Crippen LogP contribution in [-0.4, -0.2) is 38.6 Å². The molecule has 0 N–H and O–H groups in total. The van der Waals surface area contributed by atoms with Crippen molar-refractivity contribution in [1.82, 2.24) is 0 Å². The Morgan fingerprint density at radius 1 is 0.523 bits per heavy atom. The summed E-state index contributed by atoms with van der Waals surface area (Å²) in [5.74, 6) is 2.17. The molecule has 0 saturated carbocycles. The molecule has 0 radical (unpaired) electrons. The van der Waals surface area contributed by atoms with Gasteiger partial charge in [0.25, 0.3) is 0 Å². The molecule has 0 amide bonds. The summed E-state index contributed by atoms with van der Waals surface area (Å²) < 4.78 is 24.3. The average Bonchev–Trinajstić information content (AvgIpc) is 3.93. The van der Waals surface area contributed by atoms with E-state index in [1.807, 2.05) is 0 Å². The van der Waals surface area contributed by atoms with Gasteiger partial charge < -0.3 is 18.9 Å². The Bertz CT molecular complexity index is 1100. The molecule has 2 atom stereocenters. The molecule has 2 saturated heterocycles. The molecule has 0 aromatic heterocycles. The first-order valence-electron chi connectivity index (χ1n) is 17.4. The second kappa shape index (κ2) is 13.4. The zero-order valence-corrected chi connectivity index (χ0v) is 30.2. The Balaban J connectivity index is 1.78. The Kier molecular flexibility index (Phi) is 10.6. The summed E-state index contributed by atoms with van der Waals surface area (Å²) in [6.07, 6.45) is 6.65. The van der Waals surface area contributed by atoms with E-state index in [4.69, 9.17) is 18.9 Å². The average molecular weight is 607 g/mol. The summed E-state index contributed by atoms with van der Waals surface area (Å²) in [4.78, 5) is 0. The molecular formula is C40H62O4. The third kappa shape index (κ3) is 8.02. The van der Waals surface area contributed by atoms with Crippen molar-refractivity contribution in [1.29, 1.82) is 0 Å². The first-order valence-corrected chi connectivity index (χ1v) is 17.4. The third-order valence-corrected chi connectivity index (χ3v) is 11.1. The van der Waals surface area contributed by atoms with E-state index in [9.17, 15) is 0 Å². The van der Waals surface area contributed by atoms with E-state index in [0.717, 1.165) is 63.2 Å². The minimum Gasteiger partial charge on any atom is -0.490 e. The SMILES string of the molecule is CCC(C)(C)c1cc(CCc2cc(C(C)(C)CC)c(OCC3CO3)c(C(C)(C)CC)c2)cc(C(C)(C)CC)c1OCC1CO1. The molecule has 2 unspecified atom stereocenters. The molecule has 2 aliphatic rings. The van der Waals surface area contributed by atoms with E-state index >= 15 is 0 Å². The maximum atomic E-state index is 6.63. The largest absolute Gasteiger partial charge is 0.490 e. The van der Waals surface area contributed by atoms with Crippen molar-refractivity contribution in [3.63, 3.8) is 0 Å². The number of benzene rings is 2. The number of hydrogen-bond donors (Lipinski definition) is 0. The van der Waals surface area contributed by atoms with Gasteiger partial charge in [-0.3, -0.25) is 0 Å². The normalized spacial score (nSPS) is 18.8. The van der Waals surface area contributed by atoms with Gasteiger partial charge in [-0.25, -0.2) is 0 Å². The van der Waals surface area contributed by atoms with Crippen molar-refractivity contribution in [2.45, 2.75) is 155 Å². The van der Waals surface area contributed by atoms with E-state index in [0.29, 0.717) is 13.2 Å². The zero-order chi connectivity index (χ0) is 32.5. The molecule has 2 fully saturated rings. The minimum atomic E-state index is 0.00915. The van der Waals surface area contributed by atoms with Crippen LogP contribution in [0.3, 0.4) is 0 Å². The van der Waals surface area contributed by atoms with Crippen LogP contribution in [-0.2, 0) is 44.0 Å². The molecule has 2 heterocycles. The van der Waals surface area contributed by atoms with Gasteiger partial charge in [-0.1, -0.05) is 107 Å². The molecule has 2 aromatic carbocycles. The summed E-state index contributed by atoms with van der Waals surface area (Å²) in [6.45, 7) is 30.9. The lowest BCUT2D eigenvalue weighted by Gasteiger charge is -2.34. The Hall–Kier alpha value is -2.04. The van der Waals surface area contributed by atoms with Gasteiger partial charge in [0.2, 0.25) is 0 Å². The molecular weight excluding hydrogens is 544 g/mol. The van der Waals surface area contributed by atoms with E-state index in [1.54, 1.807) is 0 Å². The number of rotatable bonds is 17. The summed E-state index contributed by atoms with van der Waals surface area (Å²) >= 11 is 0. The lowest BCUT2D eigenvalue weighted by atomic mass is 9.73. The van der Waals surface area contributed by atoms with Crippen LogP contribution in [0, 0.1) is 0 Å². The van der Waals surface area contributed by atoms with Crippen molar-refractivity contribution < 1.29 is 18.9 Å². The van der Waals surface area contributed by atoms with Crippen LogP contribution in [0.2, 0.25) is 0 Å². The zero-order valence-electron chi connectivity index (χ0n) is 30.2. The maximum absolute atomic E-state index is 6.63. The first-order chi connectivity index (χ1) is 20.6. The standard InChI is InChI=1S/C40H62O4/c1-13-37(5,6)31-19-27(20-32(38(7,8)14-2)35(31)43-25-29-23-41-29)17-18-28-21-33(39(9,10)15-3)36(44-26-30-24-42-30)34(22-28)40(11,12)16-4/h19-22,29-30H,13-18,23-26H2,1-12H3. The highest BCUT2D eigenvalue weighted by Gasteiger charge is 2.34. The first kappa shape index (κ1) is 34.8. The second-order valence-corrected chi connectivity index (χ2v) is 16.0. The van der Waals surface area contributed by atoms with Gasteiger partial charge in [-0.15, -0.1) is 0 Å². The van der Waals surface area contributed by atoms with Crippen LogP contribution in [0.15, 0.2) is 24.3 Å². The summed E-state index contributed by atoms with van der Waals surface area (Å²) in [5, 5.41) is 0. The van der Waals surface area contributed by atoms with Crippen molar-refractivity contribution >= 4 is 0 Å². The van der Waals surface area contributed by atoms with Gasteiger partial charge >= 0.3 is 0 Å². The third-order valence-electron chi connectivity index (χ3n) is 11.1. The molecule has 4 nitrogen and oxygen atoms in total. The summed E-state index contributed by atoms with van der Waals surface area (Å²) in [6, 6.07) is 9.79. The topological polar surface area (TPSA) is 43.5 Å². The van der Waals surface area contributed by atoms with Gasteiger partial charge in [0.05, 0.1) is 13.2 Å². The minimum absolute atomic E-state index is 0.00915. The maximum Gasteiger partial charge on any atom is 0.126 e. The van der Waals surface area contributed by atoms with Crippen LogP contribution in [0.25, 0.3) is 0 Å². The van der Waals surface area contributed by atoms with Gasteiger partial charge in [0.1, 0.15) is 36.9 Å². The molecule has 2 aromatic rings. The van der Waals surface area contributed by atoms with Crippen molar-refractivity contribution in [3.8, 4) is 11.5 Å². The number of epoxide rings is 2. The summed E-state index contributed by atoms with van der Waals surface area (Å²) in [5.41, 5.74) is 8.17. The smallest absolute Gasteiger partial charge is 0.126 e. The lowest BCUT2D eigenvalue weighted by Crippen LogP contribution is -2.25. The number of hydrogen-bond acceptors (Lipinski definition) is 4. The van der Waals surface area contributed by atoms with Gasteiger partial charge in [-0.2, -0.15) is 0 Å². The van der Waals surface area contributed by atoms with Crippen molar-refractivity contribution in [2.24, 2.45) is 0 Å². The molecule has 0 bridgehead atoms. The number of aryl methyl sites for hydroxylation is 2. The summed E-state index contributed by atoms with van der Waals surface area (Å²) in [7, 11) is 0. The molecule has 2 aliphatic heterocycles. The van der Waals surface area contributed by atoms with Crippen molar-refractivity contribution in [3.05, 3.63) is 57.6 Å². The highest BCUT2D eigenvalue weighted by atomic mass is 16.6. The molecule has 0 aliphatic carbocycles. The molecule has 0 spiro atoms. The van der Waals surface area contributed by atoms with Gasteiger partial charge in [-0.05, 0) is 71.3 Å². The van der Waals surface area contributed by atoms with E-state index in [1.165, 1.54) is 33.4 Å². The van der Waals surface area contributed by atoms with Crippen LogP contribution >= 0.6 is 0 Å². The molecule has 4 rings (SSSR count). The van der Waals surface area contributed by atoms with E-state index < -0.39 is 0 Å². The predicted molar refractivity (Wildman–Crippen MR) is 184 cm³/mol. The highest BCUT2D eigenvalue weighted by molar-refractivity contribution is 5.53. The predicted octanol–water partition coefficient (Wildman–Crippen LogP) is 9.78. The van der Waals surface area contributed by atoms with Crippen LogP contribution in [0.1, 0.15) is 142 Å². The monoisotopic (exact) mass is 606 g/mol. The Labute approximate surface area is 269 Å². The van der Waals surface area contributed by atoms with E-state index in [-0.39, 0.29) is 33.9 Å². The van der Waals surface area contributed by atoms with Gasteiger partial charge in [0, 0.05) is 22.3 Å². The van der Waals surface area contributed by atoms with Gasteiger partial charge in [0.15, 0.2) is 0 Å². The highest BCUT2D eigenvalue weighted by Crippen LogP contribution is 2.46. The van der Waals surface area contributed by atoms with Crippen LogP contribution in [0.5, 0.6) is 11.5 Å². The van der Waals surface area contributed by atoms with Crippen LogP contribution in [0.4, 0.5) is 0 Å². The van der Waals surface area contributed by atoms with Crippen LogP contribution < -0.4 is 9.47 Å². The fourth-order valence-electron chi connectivity index (χ4n) is 5.72. The molecule has 44 heavy (non-hydrogen) atoms. The molecule has 4 heteroatoms. The lowest BCUT2D eigenvalue weighted by molar-refractivity contribution is 0.250. The Morgan fingerprint density at radius 2 is 0.773 bits per heavy atom.